The van der Waals surface area contributed by atoms with E-state index in [-0.39, 0.29) is 40.7 Å². The number of aromatic carboxylic acids is 1. The number of halogens is 2. The molecule has 286 valence electrons. The molecule has 5 aromatic rings. The normalized spacial score (nSPS) is 13.3. The van der Waals surface area contributed by atoms with Gasteiger partial charge in [-0.25, -0.2) is 32.7 Å². The van der Waals surface area contributed by atoms with E-state index in [1.54, 1.807) is 57.2 Å². The Bertz CT molecular complexity index is 2320. The Morgan fingerprint density at radius 2 is 1.65 bits per heavy atom. The number of nitrogens with one attached hydrogen (secondary N) is 2. The number of hydrogen-bond acceptors (Lipinski definition) is 10. The van der Waals surface area contributed by atoms with Crippen molar-refractivity contribution < 1.29 is 47.3 Å². The summed E-state index contributed by atoms with van der Waals surface area (Å²) >= 11 is 0. The van der Waals surface area contributed by atoms with Crippen LogP contribution in [0.4, 0.5) is 14.5 Å². The molecule has 0 fully saturated rings. The molecule has 16 heteroatoms. The monoisotopic (exact) mass is 756 g/mol. The van der Waals surface area contributed by atoms with Crippen molar-refractivity contribution in [3.05, 3.63) is 129 Å². The Morgan fingerprint density at radius 1 is 0.945 bits per heavy atom. The van der Waals surface area contributed by atoms with Gasteiger partial charge in [0.15, 0.2) is 17.3 Å². The number of ether oxygens (including phenoxy) is 2. The molecule has 3 aromatic carbocycles. The molecular formula is C39H38F2N6O8. The minimum atomic E-state index is -1.36. The van der Waals surface area contributed by atoms with E-state index in [0.717, 1.165) is 39.5 Å². The Morgan fingerprint density at radius 3 is 2.29 bits per heavy atom. The van der Waals surface area contributed by atoms with Crippen LogP contribution in [0.25, 0.3) is 5.65 Å². The highest BCUT2D eigenvalue weighted by molar-refractivity contribution is 6.01. The fraction of sp³-hybridized carbons (Fsp3) is 0.256. The second-order valence-electron chi connectivity index (χ2n) is 13.5. The summed E-state index contributed by atoms with van der Waals surface area (Å²) in [5, 5.41) is 19.1. The lowest BCUT2D eigenvalue weighted by Crippen LogP contribution is -2.31. The van der Waals surface area contributed by atoms with Gasteiger partial charge in [0, 0.05) is 18.3 Å². The smallest absolute Gasteiger partial charge is 0.341 e. The molecule has 0 spiro atoms. The number of methoxy groups -OCH3 is 1. The fourth-order valence-corrected chi connectivity index (χ4v) is 5.87. The van der Waals surface area contributed by atoms with E-state index >= 15 is 0 Å². The van der Waals surface area contributed by atoms with Gasteiger partial charge in [-0.2, -0.15) is 5.10 Å². The van der Waals surface area contributed by atoms with Crippen molar-refractivity contribution in [3.8, 4) is 0 Å². The second-order valence-corrected chi connectivity index (χ2v) is 13.5. The van der Waals surface area contributed by atoms with Crippen LogP contribution in [-0.4, -0.2) is 62.1 Å². The van der Waals surface area contributed by atoms with Crippen molar-refractivity contribution >= 4 is 41.1 Å². The first-order valence-electron chi connectivity index (χ1n) is 16.9. The van der Waals surface area contributed by atoms with Crippen LogP contribution in [0.5, 0.6) is 0 Å². The van der Waals surface area contributed by atoms with Gasteiger partial charge >= 0.3 is 17.9 Å². The summed E-state index contributed by atoms with van der Waals surface area (Å²) < 4.78 is 37.9. The number of nitrogens with zero attached hydrogens (tertiary/aromatic N) is 3. The number of nitrogen functional groups attached to an aromatic ring is 1. The fourth-order valence-electron chi connectivity index (χ4n) is 5.87. The van der Waals surface area contributed by atoms with Gasteiger partial charge in [-0.3, -0.25) is 9.59 Å². The molecule has 0 unspecified atom stereocenters. The summed E-state index contributed by atoms with van der Waals surface area (Å²) in [4.78, 5) is 66.2. The summed E-state index contributed by atoms with van der Waals surface area (Å²) in [5.41, 5.74) is 8.16. The van der Waals surface area contributed by atoms with Gasteiger partial charge in [0.25, 0.3) is 11.8 Å². The molecule has 0 radical (unpaired) electrons. The van der Waals surface area contributed by atoms with Gasteiger partial charge in [-0.1, -0.05) is 12.1 Å². The van der Waals surface area contributed by atoms with E-state index in [0.29, 0.717) is 29.7 Å². The molecule has 0 bridgehead atoms. The first-order valence-corrected chi connectivity index (χ1v) is 16.9. The predicted octanol–water partition coefficient (Wildman–Crippen LogP) is 5.37. The summed E-state index contributed by atoms with van der Waals surface area (Å²) in [5.74, 6) is -5.67. The van der Waals surface area contributed by atoms with Crippen molar-refractivity contribution in [2.75, 3.05) is 12.8 Å². The highest BCUT2D eigenvalue weighted by Gasteiger charge is 2.30. The molecule has 1 atom stereocenters. The lowest BCUT2D eigenvalue weighted by Gasteiger charge is -2.21. The summed E-state index contributed by atoms with van der Waals surface area (Å²) in [6.45, 7) is 7.01. The number of carbonyl (C=O) groups is 5. The number of fused-ring (bicyclic) bond motifs is 2. The van der Waals surface area contributed by atoms with Crippen molar-refractivity contribution in [3.63, 3.8) is 0 Å². The molecule has 2 amide bonds. The van der Waals surface area contributed by atoms with E-state index in [1.165, 1.54) is 19.2 Å². The number of nitrogens with two attached hydrogens (primary N) is 1. The Labute approximate surface area is 313 Å². The lowest BCUT2D eigenvalue weighted by molar-refractivity contribution is 0.00679. The minimum Gasteiger partial charge on any atom is -0.477 e. The molecule has 55 heavy (non-hydrogen) atoms. The molecule has 2 aromatic heterocycles. The van der Waals surface area contributed by atoms with Gasteiger partial charge in [0.1, 0.15) is 22.6 Å². The average Bonchev–Trinajstić information content (AvgIpc) is 3.76. The Hall–Kier alpha value is -6.71. The van der Waals surface area contributed by atoms with Crippen molar-refractivity contribution in [2.24, 2.45) is 0 Å². The molecule has 1 aliphatic carbocycles. The minimum absolute atomic E-state index is 0.143. The molecule has 14 nitrogen and oxygen atoms in total. The second kappa shape index (κ2) is 16.1. The highest BCUT2D eigenvalue weighted by atomic mass is 19.2. The maximum atomic E-state index is 13.6. The van der Waals surface area contributed by atoms with Crippen LogP contribution in [0.1, 0.15) is 108 Å². The van der Waals surface area contributed by atoms with Crippen LogP contribution in [0.2, 0.25) is 0 Å². The van der Waals surface area contributed by atoms with Crippen LogP contribution in [-0.2, 0) is 22.4 Å². The first-order chi connectivity index (χ1) is 26.0. The number of rotatable bonds is 8. The van der Waals surface area contributed by atoms with Crippen molar-refractivity contribution in [2.45, 2.75) is 58.7 Å². The number of aromatic nitrogens is 3. The first kappa shape index (κ1) is 39.5. The number of carboxylic acids is 1. The van der Waals surface area contributed by atoms with Crippen molar-refractivity contribution in [1.82, 2.24) is 25.2 Å². The topological polar surface area (TPSA) is 204 Å². The third kappa shape index (κ3) is 9.09. The quantitative estimate of drug-likeness (QED) is 0.117. The third-order valence-electron chi connectivity index (χ3n) is 8.55. The van der Waals surface area contributed by atoms with E-state index in [9.17, 15) is 37.9 Å². The number of anilines is 1. The zero-order valence-corrected chi connectivity index (χ0v) is 30.5. The van der Waals surface area contributed by atoms with E-state index in [2.05, 4.69) is 25.5 Å². The number of benzene rings is 3. The van der Waals surface area contributed by atoms with Crippen LogP contribution >= 0.6 is 0 Å². The van der Waals surface area contributed by atoms with Gasteiger partial charge < -0.3 is 30.9 Å². The molecular weight excluding hydrogens is 718 g/mol. The van der Waals surface area contributed by atoms with E-state index < -0.39 is 47.0 Å². The molecule has 5 N–H and O–H groups in total. The largest absolute Gasteiger partial charge is 0.477 e. The number of carboxylic acid groups (broad SMARTS) is 1. The van der Waals surface area contributed by atoms with Crippen LogP contribution < -0.4 is 16.4 Å². The van der Waals surface area contributed by atoms with Gasteiger partial charge in [0.2, 0.25) is 0 Å². The van der Waals surface area contributed by atoms with Crippen LogP contribution in [0.15, 0.2) is 66.9 Å². The summed E-state index contributed by atoms with van der Waals surface area (Å²) in [7, 11) is 1.35. The molecule has 0 aliphatic heterocycles. The summed E-state index contributed by atoms with van der Waals surface area (Å²) in [6, 6.07) is 13.9. The maximum Gasteiger partial charge on any atom is 0.341 e. The van der Waals surface area contributed by atoms with Crippen molar-refractivity contribution in [1.29, 1.82) is 0 Å². The molecule has 0 saturated heterocycles. The van der Waals surface area contributed by atoms with Crippen LogP contribution in [0.3, 0.4) is 0 Å². The number of esters is 2. The third-order valence-corrected chi connectivity index (χ3v) is 8.55. The molecule has 0 saturated carbocycles. The summed E-state index contributed by atoms with van der Waals surface area (Å²) in [6.07, 6.45) is 2.16. The van der Waals surface area contributed by atoms with Crippen LogP contribution in [0, 0.1) is 18.6 Å². The SMILES string of the molecule is COC(=O)c1ccc(N)cc1.Cc1c(C(=O)OC(C)(C)C)ccc2c1CC[C@@H]2NC(=O)c1cc(C(=O)NCc2ccc(F)c(F)c2)nc2c(C(=O)O)cnn12. The Kier molecular flexibility index (Phi) is 11.6. The predicted molar refractivity (Wildman–Crippen MR) is 195 cm³/mol. The Balaban J connectivity index is 0.000000454. The van der Waals surface area contributed by atoms with E-state index in [4.69, 9.17) is 10.5 Å². The molecule has 2 heterocycles. The maximum absolute atomic E-state index is 13.6. The molecule has 6 rings (SSSR count). The van der Waals surface area contributed by atoms with Gasteiger partial charge in [-0.05, 0) is 105 Å². The zero-order chi connectivity index (χ0) is 40.2. The average molecular weight is 757 g/mol. The molecule has 1 aliphatic rings. The van der Waals surface area contributed by atoms with Gasteiger partial charge in [0.05, 0.1) is 30.5 Å². The number of hydrogen-bond donors (Lipinski definition) is 4. The van der Waals surface area contributed by atoms with E-state index in [1.807, 2.05) is 6.92 Å². The highest BCUT2D eigenvalue weighted by Crippen LogP contribution is 2.35. The number of carbonyl (C=O) groups excluding carboxylic acids is 4. The lowest BCUT2D eigenvalue weighted by atomic mass is 9.97. The standard InChI is InChI=1S/C31H29F2N5O6.C8H9NO2/c1-15-17-8-10-23(19(17)7-6-18(15)30(43)44-31(2,3)4)37-28(40)25-12-24(36-26-20(29(41)42)14-35-38(25)26)27(39)34-13-16-5-9-21(32)22(33)11-16;1-11-8(10)6-2-4-7(9)5-3-6/h5-7,9,11-12,14,23H,8,10,13H2,1-4H3,(H,34,39)(H,37,40)(H,41,42);2-5H,9H2,1H3/t23-;/m0./s1. The number of amides is 2. The van der Waals surface area contributed by atoms with Gasteiger partial charge in [-0.15, -0.1) is 0 Å². The zero-order valence-electron chi connectivity index (χ0n) is 30.5.